The Bertz CT molecular complexity index is 506. The van der Waals surface area contributed by atoms with Crippen LogP contribution in [0.3, 0.4) is 0 Å². The first-order chi connectivity index (χ1) is 8.54. The number of nitro benzene ring substituents is 1. The number of hydrogen-bond donors (Lipinski definition) is 0. The van der Waals surface area contributed by atoms with Gasteiger partial charge >= 0.3 is 5.69 Å². The minimum absolute atomic E-state index is 0.0746. The highest BCUT2D eigenvalue weighted by molar-refractivity contribution is 9.10. The van der Waals surface area contributed by atoms with Crippen molar-refractivity contribution in [3.8, 4) is 5.75 Å². The van der Waals surface area contributed by atoms with E-state index in [2.05, 4.69) is 15.9 Å². The van der Waals surface area contributed by atoms with Gasteiger partial charge in [-0.15, -0.1) is 0 Å². The number of methoxy groups -OCH3 is 1. The van der Waals surface area contributed by atoms with Gasteiger partial charge in [0.15, 0.2) is 5.75 Å². The number of nitro groups is 1. The van der Waals surface area contributed by atoms with Crippen molar-refractivity contribution in [2.45, 2.75) is 11.2 Å². The van der Waals surface area contributed by atoms with E-state index in [0.717, 1.165) is 0 Å². The van der Waals surface area contributed by atoms with E-state index in [1.54, 1.807) is 6.07 Å². The molecule has 0 aromatic heterocycles. The minimum Gasteiger partial charge on any atom is -0.490 e. The Hall–Kier alpha value is -1.63. The van der Waals surface area contributed by atoms with Crippen LogP contribution in [0.2, 0.25) is 0 Å². The number of carbonyl (C=O) groups is 1. The molecular weight excluding hydrogens is 304 g/mol. The zero-order chi connectivity index (χ0) is 13.3. The van der Waals surface area contributed by atoms with Crippen molar-refractivity contribution in [2.24, 2.45) is 0 Å². The number of alkyl halides is 1. The molecule has 1 saturated heterocycles. The summed E-state index contributed by atoms with van der Waals surface area (Å²) in [7, 11) is 1.37. The van der Waals surface area contributed by atoms with Crippen molar-refractivity contribution in [1.82, 2.24) is 0 Å². The van der Waals surface area contributed by atoms with Crippen molar-refractivity contribution >= 4 is 33.2 Å². The zero-order valence-electron chi connectivity index (χ0n) is 9.63. The van der Waals surface area contributed by atoms with Gasteiger partial charge in [-0.25, -0.2) is 0 Å². The summed E-state index contributed by atoms with van der Waals surface area (Å²) in [5.74, 6) is 0.111. The van der Waals surface area contributed by atoms with Crippen molar-refractivity contribution in [3.05, 3.63) is 28.3 Å². The number of rotatable bonds is 3. The van der Waals surface area contributed by atoms with Crippen LogP contribution in [0.4, 0.5) is 11.4 Å². The molecule has 0 bridgehead atoms. The first-order valence-corrected chi connectivity index (χ1v) is 6.24. The van der Waals surface area contributed by atoms with Gasteiger partial charge < -0.3 is 9.64 Å². The highest BCUT2D eigenvalue weighted by atomic mass is 79.9. The summed E-state index contributed by atoms with van der Waals surface area (Å²) in [6, 6.07) is 4.51. The van der Waals surface area contributed by atoms with Crippen LogP contribution in [0.5, 0.6) is 5.75 Å². The van der Waals surface area contributed by atoms with E-state index < -0.39 is 4.92 Å². The lowest BCUT2D eigenvalue weighted by molar-refractivity contribution is -0.385. The van der Waals surface area contributed by atoms with Gasteiger partial charge in [-0.1, -0.05) is 15.9 Å². The van der Waals surface area contributed by atoms with Crippen molar-refractivity contribution < 1.29 is 14.5 Å². The van der Waals surface area contributed by atoms with Gasteiger partial charge in [-0.2, -0.15) is 0 Å². The third-order valence-corrected chi connectivity index (χ3v) is 3.66. The highest BCUT2D eigenvalue weighted by Gasteiger charge is 2.31. The van der Waals surface area contributed by atoms with E-state index in [-0.39, 0.29) is 22.2 Å². The predicted octanol–water partition coefficient (Wildman–Crippen LogP) is 2.10. The summed E-state index contributed by atoms with van der Waals surface area (Å²) in [6.07, 6.45) is 0.693. The average molecular weight is 315 g/mol. The molecule has 1 aliphatic rings. The van der Waals surface area contributed by atoms with Gasteiger partial charge in [-0.05, 0) is 18.6 Å². The number of anilines is 1. The molecule has 1 amide bonds. The molecule has 96 valence electrons. The molecule has 1 aliphatic heterocycles. The normalized spacial score (nSPS) is 19.1. The van der Waals surface area contributed by atoms with E-state index in [1.165, 1.54) is 24.1 Å². The Labute approximate surface area is 112 Å². The van der Waals surface area contributed by atoms with Crippen LogP contribution in [0.1, 0.15) is 6.42 Å². The number of hydrogen-bond acceptors (Lipinski definition) is 4. The van der Waals surface area contributed by atoms with Gasteiger partial charge in [0, 0.05) is 12.6 Å². The first-order valence-electron chi connectivity index (χ1n) is 5.32. The Morgan fingerprint density at radius 3 is 2.78 bits per heavy atom. The fraction of sp³-hybridized carbons (Fsp3) is 0.364. The molecule has 1 aromatic rings. The third-order valence-electron chi connectivity index (χ3n) is 2.81. The number of amides is 1. The van der Waals surface area contributed by atoms with E-state index >= 15 is 0 Å². The van der Waals surface area contributed by atoms with Gasteiger partial charge in [0.25, 0.3) is 0 Å². The topological polar surface area (TPSA) is 72.7 Å². The van der Waals surface area contributed by atoms with Crippen LogP contribution in [0.15, 0.2) is 18.2 Å². The highest BCUT2D eigenvalue weighted by Crippen LogP contribution is 2.33. The summed E-state index contributed by atoms with van der Waals surface area (Å²) in [4.78, 5) is 23.5. The van der Waals surface area contributed by atoms with Crippen molar-refractivity contribution in [2.75, 3.05) is 18.6 Å². The fourth-order valence-corrected chi connectivity index (χ4v) is 2.34. The molecule has 18 heavy (non-hydrogen) atoms. The summed E-state index contributed by atoms with van der Waals surface area (Å²) in [5.41, 5.74) is 0.385. The van der Waals surface area contributed by atoms with Crippen LogP contribution >= 0.6 is 15.9 Å². The molecule has 1 aromatic carbocycles. The number of halogens is 1. The number of nitrogens with zero attached hydrogens (tertiary/aromatic N) is 2. The Morgan fingerprint density at radius 1 is 1.56 bits per heavy atom. The Balaban J connectivity index is 2.38. The van der Waals surface area contributed by atoms with Crippen LogP contribution in [0, 0.1) is 10.1 Å². The van der Waals surface area contributed by atoms with Gasteiger partial charge in [0.1, 0.15) is 0 Å². The molecule has 7 heteroatoms. The van der Waals surface area contributed by atoms with E-state index in [1.807, 2.05) is 0 Å². The molecule has 0 saturated carbocycles. The maximum atomic E-state index is 11.8. The fourth-order valence-electron chi connectivity index (χ4n) is 1.89. The molecule has 2 rings (SSSR count). The molecule has 0 N–H and O–H groups in total. The van der Waals surface area contributed by atoms with Crippen LogP contribution in [0.25, 0.3) is 0 Å². The third kappa shape index (κ3) is 2.17. The summed E-state index contributed by atoms with van der Waals surface area (Å²) < 4.78 is 4.92. The average Bonchev–Trinajstić information content (AvgIpc) is 2.69. The molecule has 0 radical (unpaired) electrons. The number of carbonyl (C=O) groups excluding carboxylic acids is 1. The van der Waals surface area contributed by atoms with Crippen LogP contribution in [-0.2, 0) is 4.79 Å². The maximum Gasteiger partial charge on any atom is 0.312 e. The largest absolute Gasteiger partial charge is 0.490 e. The lowest BCUT2D eigenvalue weighted by Crippen LogP contribution is -2.27. The smallest absolute Gasteiger partial charge is 0.312 e. The molecular formula is C11H11BrN2O4. The van der Waals surface area contributed by atoms with Crippen molar-refractivity contribution in [1.29, 1.82) is 0 Å². The molecule has 0 spiro atoms. The Morgan fingerprint density at radius 2 is 2.28 bits per heavy atom. The quantitative estimate of drug-likeness (QED) is 0.486. The standard InChI is InChI=1S/C11H11BrN2O4/c1-18-10-3-2-7(6-9(10)14(16)17)13-5-4-8(12)11(13)15/h2-3,6,8H,4-5H2,1H3. The molecule has 1 heterocycles. The molecule has 0 aliphatic carbocycles. The van der Waals surface area contributed by atoms with E-state index in [0.29, 0.717) is 18.7 Å². The Kier molecular flexibility index (Phi) is 3.51. The summed E-state index contributed by atoms with van der Waals surface area (Å²) in [6.45, 7) is 0.554. The monoisotopic (exact) mass is 314 g/mol. The molecule has 1 unspecified atom stereocenters. The predicted molar refractivity (Wildman–Crippen MR) is 69.3 cm³/mol. The van der Waals surface area contributed by atoms with Gasteiger partial charge in [0.2, 0.25) is 5.91 Å². The summed E-state index contributed by atoms with van der Waals surface area (Å²) in [5, 5.41) is 10.9. The van der Waals surface area contributed by atoms with Crippen molar-refractivity contribution in [3.63, 3.8) is 0 Å². The first kappa shape index (κ1) is 12.8. The lowest BCUT2D eigenvalue weighted by atomic mass is 10.2. The van der Waals surface area contributed by atoms with E-state index in [4.69, 9.17) is 4.74 Å². The van der Waals surface area contributed by atoms with Gasteiger partial charge in [-0.3, -0.25) is 14.9 Å². The SMILES string of the molecule is COc1ccc(N2CCC(Br)C2=O)cc1[N+](=O)[O-]. The lowest BCUT2D eigenvalue weighted by Gasteiger charge is -2.16. The maximum absolute atomic E-state index is 11.8. The van der Waals surface area contributed by atoms with Crippen LogP contribution in [-0.4, -0.2) is 29.3 Å². The van der Waals surface area contributed by atoms with E-state index in [9.17, 15) is 14.9 Å². The second kappa shape index (κ2) is 4.93. The zero-order valence-corrected chi connectivity index (χ0v) is 11.2. The molecule has 1 fully saturated rings. The summed E-state index contributed by atoms with van der Waals surface area (Å²) >= 11 is 3.27. The number of ether oxygens (including phenoxy) is 1. The molecule has 6 nitrogen and oxygen atoms in total. The second-order valence-electron chi connectivity index (χ2n) is 3.86. The molecule has 1 atom stereocenters. The number of benzene rings is 1. The second-order valence-corrected chi connectivity index (χ2v) is 4.96. The minimum atomic E-state index is -0.519. The van der Waals surface area contributed by atoms with Crippen LogP contribution < -0.4 is 9.64 Å². The van der Waals surface area contributed by atoms with Gasteiger partial charge in [0.05, 0.1) is 22.5 Å².